The fourth-order valence-corrected chi connectivity index (χ4v) is 2.36. The summed E-state index contributed by atoms with van der Waals surface area (Å²) < 4.78 is 0. The Hall–Kier alpha value is -1.59. The first-order valence-corrected chi connectivity index (χ1v) is 7.35. The summed E-state index contributed by atoms with van der Waals surface area (Å²) in [5.74, 6) is -0.614. The maximum atomic E-state index is 12.3. The normalized spacial score (nSPS) is 22.1. The number of nitrogens with zero attached hydrogens (tertiary/aromatic N) is 1. The molecule has 1 aliphatic rings. The molecule has 0 bridgehead atoms. The van der Waals surface area contributed by atoms with Crippen LogP contribution in [0.1, 0.15) is 52.9 Å². The van der Waals surface area contributed by atoms with Crippen molar-refractivity contribution >= 4 is 17.8 Å². The van der Waals surface area contributed by atoms with E-state index in [4.69, 9.17) is 0 Å². The van der Waals surface area contributed by atoms with Crippen LogP contribution in [0, 0.1) is 0 Å². The number of hydrogen-bond acceptors (Lipinski definition) is 3. The summed E-state index contributed by atoms with van der Waals surface area (Å²) in [7, 11) is 0. The van der Waals surface area contributed by atoms with Crippen molar-refractivity contribution in [2.45, 2.75) is 58.4 Å². The van der Waals surface area contributed by atoms with Crippen LogP contribution in [-0.2, 0) is 9.59 Å². The Kier molecular flexibility index (Phi) is 5.98. The Bertz CT molecular complexity index is 384. The molecule has 1 atom stereocenters. The van der Waals surface area contributed by atoms with Gasteiger partial charge >= 0.3 is 6.03 Å². The fourth-order valence-electron chi connectivity index (χ4n) is 2.36. The Morgan fingerprint density at radius 3 is 2.55 bits per heavy atom. The summed E-state index contributed by atoms with van der Waals surface area (Å²) in [6, 6.07) is -0.473. The lowest BCUT2D eigenvalue weighted by Gasteiger charge is -2.21. The maximum Gasteiger partial charge on any atom is 0.325 e. The molecule has 1 rings (SSSR count). The van der Waals surface area contributed by atoms with Gasteiger partial charge in [0.15, 0.2) is 0 Å². The molecule has 1 saturated heterocycles. The van der Waals surface area contributed by atoms with Crippen LogP contribution in [-0.4, -0.2) is 41.4 Å². The van der Waals surface area contributed by atoms with Crippen molar-refractivity contribution < 1.29 is 14.4 Å². The molecule has 2 N–H and O–H groups in total. The highest BCUT2D eigenvalue weighted by molar-refractivity contribution is 6.08. The third-order valence-electron chi connectivity index (χ3n) is 3.55. The van der Waals surface area contributed by atoms with Crippen LogP contribution in [0.15, 0.2) is 0 Å². The number of carbonyl (C=O) groups is 3. The van der Waals surface area contributed by atoms with Crippen molar-refractivity contribution in [2.75, 3.05) is 13.1 Å². The second kappa shape index (κ2) is 7.26. The minimum absolute atomic E-state index is 0.205. The zero-order valence-electron chi connectivity index (χ0n) is 12.6. The van der Waals surface area contributed by atoms with E-state index in [0.717, 1.165) is 30.6 Å². The van der Waals surface area contributed by atoms with Gasteiger partial charge in [-0.15, -0.1) is 0 Å². The van der Waals surface area contributed by atoms with Gasteiger partial charge in [-0.05, 0) is 20.3 Å². The Labute approximate surface area is 120 Å². The van der Waals surface area contributed by atoms with Gasteiger partial charge in [0.25, 0.3) is 5.91 Å². The largest absolute Gasteiger partial charge is 0.355 e. The molecule has 1 aliphatic heterocycles. The highest BCUT2D eigenvalue weighted by atomic mass is 16.2. The first kappa shape index (κ1) is 16.5. The van der Waals surface area contributed by atoms with E-state index in [2.05, 4.69) is 17.6 Å². The number of likely N-dealkylation sites (N-methyl/N-ethyl adjacent to an activating group) is 1. The SMILES string of the molecule is CCCCCC[C@@]1(C)NC(=O)N(CC(=O)NCC)C1=O. The Balaban J connectivity index is 2.58. The number of amides is 4. The van der Waals surface area contributed by atoms with Crippen LogP contribution in [0.4, 0.5) is 4.79 Å². The molecule has 114 valence electrons. The number of carbonyl (C=O) groups excluding carboxylic acids is 3. The van der Waals surface area contributed by atoms with Crippen LogP contribution in [0.25, 0.3) is 0 Å². The minimum Gasteiger partial charge on any atom is -0.355 e. The number of hydrogen-bond donors (Lipinski definition) is 2. The lowest BCUT2D eigenvalue weighted by atomic mass is 9.94. The quantitative estimate of drug-likeness (QED) is 0.522. The predicted octanol–water partition coefficient (Wildman–Crippen LogP) is 1.40. The van der Waals surface area contributed by atoms with Gasteiger partial charge in [-0.3, -0.25) is 14.5 Å². The highest BCUT2D eigenvalue weighted by Gasteiger charge is 2.47. The van der Waals surface area contributed by atoms with Crippen LogP contribution >= 0.6 is 0 Å². The van der Waals surface area contributed by atoms with E-state index in [1.54, 1.807) is 13.8 Å². The van der Waals surface area contributed by atoms with Crippen molar-refractivity contribution in [1.82, 2.24) is 15.5 Å². The van der Waals surface area contributed by atoms with E-state index in [1.807, 2.05) is 0 Å². The van der Waals surface area contributed by atoms with Crippen LogP contribution < -0.4 is 10.6 Å². The van der Waals surface area contributed by atoms with E-state index in [1.165, 1.54) is 0 Å². The average Bonchev–Trinajstić information content (AvgIpc) is 2.59. The molecule has 0 radical (unpaired) electrons. The number of unbranched alkanes of at least 4 members (excludes halogenated alkanes) is 3. The van der Waals surface area contributed by atoms with Gasteiger partial charge in [0, 0.05) is 6.54 Å². The van der Waals surface area contributed by atoms with Crippen molar-refractivity contribution in [3.05, 3.63) is 0 Å². The number of rotatable bonds is 8. The van der Waals surface area contributed by atoms with Crippen LogP contribution in [0.5, 0.6) is 0 Å². The van der Waals surface area contributed by atoms with Crippen LogP contribution in [0.2, 0.25) is 0 Å². The predicted molar refractivity (Wildman–Crippen MR) is 76.1 cm³/mol. The number of imide groups is 1. The molecule has 0 saturated carbocycles. The zero-order valence-corrected chi connectivity index (χ0v) is 12.6. The van der Waals surface area contributed by atoms with Crippen molar-refractivity contribution in [1.29, 1.82) is 0 Å². The Morgan fingerprint density at radius 1 is 1.25 bits per heavy atom. The summed E-state index contributed by atoms with van der Waals surface area (Å²) in [6.45, 7) is 5.93. The lowest BCUT2D eigenvalue weighted by Crippen LogP contribution is -2.45. The van der Waals surface area contributed by atoms with E-state index >= 15 is 0 Å². The van der Waals surface area contributed by atoms with E-state index in [-0.39, 0.29) is 18.4 Å². The van der Waals surface area contributed by atoms with Crippen molar-refractivity contribution in [2.24, 2.45) is 0 Å². The van der Waals surface area contributed by atoms with E-state index in [0.29, 0.717) is 13.0 Å². The van der Waals surface area contributed by atoms with Gasteiger partial charge in [-0.1, -0.05) is 32.6 Å². The third-order valence-corrected chi connectivity index (χ3v) is 3.55. The first-order chi connectivity index (χ1) is 9.44. The molecule has 0 unspecified atom stereocenters. The van der Waals surface area contributed by atoms with Gasteiger partial charge in [-0.2, -0.15) is 0 Å². The molecule has 1 heterocycles. The summed E-state index contributed by atoms with van der Waals surface area (Å²) in [4.78, 5) is 36.7. The smallest absolute Gasteiger partial charge is 0.325 e. The van der Waals surface area contributed by atoms with Crippen molar-refractivity contribution in [3.63, 3.8) is 0 Å². The molecular weight excluding hydrogens is 258 g/mol. The molecule has 6 nitrogen and oxygen atoms in total. The van der Waals surface area contributed by atoms with Crippen LogP contribution in [0.3, 0.4) is 0 Å². The van der Waals surface area contributed by atoms with E-state index < -0.39 is 11.6 Å². The first-order valence-electron chi connectivity index (χ1n) is 7.35. The molecule has 0 aliphatic carbocycles. The fraction of sp³-hybridized carbons (Fsp3) is 0.786. The van der Waals surface area contributed by atoms with Gasteiger partial charge in [0.1, 0.15) is 12.1 Å². The summed E-state index contributed by atoms with van der Waals surface area (Å²) in [5.41, 5.74) is -0.864. The summed E-state index contributed by atoms with van der Waals surface area (Å²) in [5, 5.41) is 5.30. The maximum absolute atomic E-state index is 12.3. The zero-order chi connectivity index (χ0) is 15.2. The van der Waals surface area contributed by atoms with Gasteiger partial charge in [0.2, 0.25) is 5.91 Å². The minimum atomic E-state index is -0.864. The third kappa shape index (κ3) is 3.95. The van der Waals surface area contributed by atoms with E-state index in [9.17, 15) is 14.4 Å². The molecule has 0 aromatic heterocycles. The molecule has 0 aromatic carbocycles. The molecule has 1 fully saturated rings. The number of urea groups is 1. The van der Waals surface area contributed by atoms with Crippen molar-refractivity contribution in [3.8, 4) is 0 Å². The Morgan fingerprint density at radius 2 is 1.95 bits per heavy atom. The second-order valence-corrected chi connectivity index (χ2v) is 5.42. The lowest BCUT2D eigenvalue weighted by molar-refractivity contribution is -0.134. The molecule has 6 heteroatoms. The molecule has 0 spiro atoms. The standard InChI is InChI=1S/C14H25N3O3/c1-4-6-7-8-9-14(3)12(19)17(13(20)16-14)10-11(18)15-5-2/h4-10H2,1-3H3,(H,15,18)(H,16,20)/t14-/m1/s1. The molecule has 0 aromatic rings. The summed E-state index contributed by atoms with van der Waals surface area (Å²) >= 11 is 0. The summed E-state index contributed by atoms with van der Waals surface area (Å²) in [6.07, 6.45) is 4.81. The molecule has 4 amide bonds. The monoisotopic (exact) mass is 283 g/mol. The highest BCUT2D eigenvalue weighted by Crippen LogP contribution is 2.23. The molecular formula is C14H25N3O3. The van der Waals surface area contributed by atoms with Gasteiger partial charge in [0.05, 0.1) is 0 Å². The van der Waals surface area contributed by atoms with Gasteiger partial charge < -0.3 is 10.6 Å². The number of nitrogens with one attached hydrogen (secondary N) is 2. The average molecular weight is 283 g/mol. The molecule has 20 heavy (non-hydrogen) atoms. The van der Waals surface area contributed by atoms with Gasteiger partial charge in [-0.25, -0.2) is 4.79 Å². The second-order valence-electron chi connectivity index (χ2n) is 5.42. The topological polar surface area (TPSA) is 78.5 Å².